The number of anilines is 1. The number of nitrogen functional groups attached to an aromatic ring is 1. The molecule has 1 aliphatic rings. The highest BCUT2D eigenvalue weighted by molar-refractivity contribution is 7.53. The summed E-state index contributed by atoms with van der Waals surface area (Å²) in [4.78, 5) is 36.0. The Morgan fingerprint density at radius 2 is 1.59 bits per heavy atom. The molecule has 206 valence electrons. The Labute approximate surface area is 214 Å². The lowest BCUT2D eigenvalue weighted by atomic mass is 9.98. The van der Waals surface area contributed by atoms with Gasteiger partial charge >= 0.3 is 19.5 Å². The normalized spacial score (nSPS) is 15.5. The predicted octanol–water partition coefficient (Wildman–Crippen LogP) is 2.94. The van der Waals surface area contributed by atoms with E-state index in [0.717, 1.165) is 0 Å². The Kier molecular flexibility index (Phi) is 8.18. The maximum absolute atomic E-state index is 13.4. The number of imidazole rings is 1. The van der Waals surface area contributed by atoms with E-state index in [9.17, 15) is 19.3 Å². The number of rotatable bonds is 11. The zero-order valence-electron chi connectivity index (χ0n) is 21.8. The molecule has 3 rings (SSSR count). The molecule has 1 fully saturated rings. The fraction of sp³-hybridized carbons (Fsp3) is 0.682. The lowest BCUT2D eigenvalue weighted by Crippen LogP contribution is -2.26. The predicted molar refractivity (Wildman–Crippen MR) is 130 cm³/mol. The number of aromatic nitrogens is 4. The maximum atomic E-state index is 13.4. The second-order valence-corrected chi connectivity index (χ2v) is 12.9. The van der Waals surface area contributed by atoms with E-state index in [-0.39, 0.29) is 23.9 Å². The number of ether oxygens (including phenoxy) is 3. The summed E-state index contributed by atoms with van der Waals surface area (Å²) in [6.45, 7) is 8.95. The molecule has 0 spiro atoms. The van der Waals surface area contributed by atoms with Crippen molar-refractivity contribution < 1.29 is 42.5 Å². The van der Waals surface area contributed by atoms with Gasteiger partial charge in [-0.05, 0) is 54.4 Å². The smallest absolute Gasteiger partial charge is 0.361 e. The Hall–Kier alpha value is -2.80. The summed E-state index contributed by atoms with van der Waals surface area (Å²) in [5.74, 6) is -1.57. The van der Waals surface area contributed by atoms with Crippen molar-refractivity contribution in [1.29, 1.82) is 0 Å². The maximum Gasteiger partial charge on any atom is 0.361 e. The van der Waals surface area contributed by atoms with Crippen LogP contribution in [0.1, 0.15) is 54.4 Å². The minimum atomic E-state index is -4.03. The number of hydrogen-bond acceptors (Lipinski definition) is 13. The second kappa shape index (κ2) is 10.5. The molecule has 0 radical (unpaired) electrons. The number of aromatic hydroxyl groups is 1. The fourth-order valence-electron chi connectivity index (χ4n) is 2.94. The first-order valence-corrected chi connectivity index (χ1v) is 13.3. The van der Waals surface area contributed by atoms with Gasteiger partial charge in [0.25, 0.3) is 0 Å². The van der Waals surface area contributed by atoms with Crippen LogP contribution in [0, 0.1) is 10.8 Å². The van der Waals surface area contributed by atoms with E-state index in [1.54, 1.807) is 46.1 Å². The lowest BCUT2D eigenvalue weighted by molar-refractivity contribution is -0.162. The van der Waals surface area contributed by atoms with Gasteiger partial charge in [-0.15, -0.1) is 0 Å². The third-order valence-electron chi connectivity index (χ3n) is 5.36. The number of nitrogens with zero attached hydrogens (tertiary/aromatic N) is 4. The molecule has 37 heavy (non-hydrogen) atoms. The van der Waals surface area contributed by atoms with Gasteiger partial charge in [-0.25, -0.2) is 4.98 Å². The fourth-order valence-corrected chi connectivity index (χ4v) is 4.02. The molecule has 0 saturated heterocycles. The molecular formula is C22H34N5O9P. The third kappa shape index (κ3) is 7.60. The zero-order chi connectivity index (χ0) is 27.6. The molecule has 0 bridgehead atoms. The van der Waals surface area contributed by atoms with Crippen molar-refractivity contribution in [3.63, 3.8) is 0 Å². The quantitative estimate of drug-likeness (QED) is 0.239. The van der Waals surface area contributed by atoms with Crippen molar-refractivity contribution in [2.24, 2.45) is 10.8 Å². The minimum absolute atomic E-state index is 0.113. The summed E-state index contributed by atoms with van der Waals surface area (Å²) in [5.41, 5.74) is 3.82. The van der Waals surface area contributed by atoms with Gasteiger partial charge in [0.2, 0.25) is 25.4 Å². The molecule has 0 atom stereocenters. The van der Waals surface area contributed by atoms with Gasteiger partial charge in [0.1, 0.15) is 6.35 Å². The summed E-state index contributed by atoms with van der Waals surface area (Å²) in [6, 6.07) is 0. The molecule has 1 aliphatic carbocycles. The van der Waals surface area contributed by atoms with E-state index < -0.39 is 55.9 Å². The minimum Gasteiger partial charge on any atom is -0.492 e. The Balaban J connectivity index is 1.67. The van der Waals surface area contributed by atoms with E-state index in [1.807, 2.05) is 0 Å². The SMILES string of the molecule is CC(C)(C)C(=O)OCOP(=O)(COC1(Cn2cnc3c(O)nc(N)nc32)CC1)OCOC(=O)C(C)(C)C. The van der Waals surface area contributed by atoms with E-state index in [2.05, 4.69) is 15.0 Å². The monoisotopic (exact) mass is 543 g/mol. The van der Waals surface area contributed by atoms with Crippen LogP contribution in [0.4, 0.5) is 5.95 Å². The number of carbonyl (C=O) groups is 2. The molecule has 1 saturated carbocycles. The van der Waals surface area contributed by atoms with Crippen LogP contribution in [0.25, 0.3) is 11.2 Å². The van der Waals surface area contributed by atoms with Crippen LogP contribution in [0.5, 0.6) is 5.88 Å². The Bertz CT molecular complexity index is 1160. The number of carbonyl (C=O) groups excluding carboxylic acids is 2. The molecule has 0 aromatic carbocycles. The summed E-state index contributed by atoms with van der Waals surface area (Å²) < 4.78 is 41.7. The van der Waals surface area contributed by atoms with Crippen LogP contribution >= 0.6 is 7.60 Å². The zero-order valence-corrected chi connectivity index (χ0v) is 22.7. The van der Waals surface area contributed by atoms with E-state index in [0.29, 0.717) is 18.5 Å². The first-order chi connectivity index (χ1) is 17.0. The molecule has 15 heteroatoms. The van der Waals surface area contributed by atoms with Crippen LogP contribution in [0.2, 0.25) is 0 Å². The largest absolute Gasteiger partial charge is 0.492 e. The highest BCUT2D eigenvalue weighted by Crippen LogP contribution is 2.52. The average molecular weight is 544 g/mol. The molecule has 3 N–H and O–H groups in total. The Morgan fingerprint density at radius 1 is 1.05 bits per heavy atom. The first-order valence-electron chi connectivity index (χ1n) is 11.6. The summed E-state index contributed by atoms with van der Waals surface area (Å²) in [6.07, 6.45) is 2.21. The van der Waals surface area contributed by atoms with Crippen molar-refractivity contribution in [1.82, 2.24) is 19.5 Å². The molecule has 14 nitrogen and oxygen atoms in total. The second-order valence-electron chi connectivity index (χ2n) is 10.9. The lowest BCUT2D eigenvalue weighted by Gasteiger charge is -2.24. The van der Waals surface area contributed by atoms with Gasteiger partial charge in [-0.3, -0.25) is 23.2 Å². The van der Waals surface area contributed by atoms with Crippen molar-refractivity contribution in [3.05, 3.63) is 6.33 Å². The van der Waals surface area contributed by atoms with Crippen LogP contribution in [0.15, 0.2) is 6.33 Å². The van der Waals surface area contributed by atoms with Gasteiger partial charge in [0, 0.05) is 0 Å². The number of esters is 2. The third-order valence-corrected chi connectivity index (χ3v) is 6.80. The van der Waals surface area contributed by atoms with Crippen LogP contribution in [-0.4, -0.2) is 62.1 Å². The summed E-state index contributed by atoms with van der Waals surface area (Å²) in [7, 11) is -4.03. The molecule has 0 amide bonds. The average Bonchev–Trinajstić information content (AvgIpc) is 3.43. The van der Waals surface area contributed by atoms with E-state index in [1.165, 1.54) is 6.33 Å². The van der Waals surface area contributed by atoms with Gasteiger partial charge in [0.05, 0.1) is 29.3 Å². The van der Waals surface area contributed by atoms with E-state index >= 15 is 0 Å². The first kappa shape index (κ1) is 28.8. The number of nitrogens with two attached hydrogens (primary N) is 1. The summed E-state index contributed by atoms with van der Waals surface area (Å²) >= 11 is 0. The summed E-state index contributed by atoms with van der Waals surface area (Å²) in [5, 5.41) is 9.95. The van der Waals surface area contributed by atoms with Gasteiger partial charge in [0.15, 0.2) is 11.2 Å². The van der Waals surface area contributed by atoms with Crippen molar-refractivity contribution in [2.75, 3.05) is 25.7 Å². The van der Waals surface area contributed by atoms with Gasteiger partial charge in [-0.2, -0.15) is 9.97 Å². The molecular weight excluding hydrogens is 509 g/mol. The topological polar surface area (TPSA) is 187 Å². The van der Waals surface area contributed by atoms with Gasteiger partial charge < -0.3 is 29.6 Å². The molecule has 2 aromatic rings. The van der Waals surface area contributed by atoms with Crippen molar-refractivity contribution in [3.8, 4) is 5.88 Å². The molecule has 0 unspecified atom stereocenters. The highest BCUT2D eigenvalue weighted by atomic mass is 31.2. The van der Waals surface area contributed by atoms with Crippen LogP contribution in [0.3, 0.4) is 0 Å². The van der Waals surface area contributed by atoms with E-state index in [4.69, 9.17) is 29.0 Å². The highest BCUT2D eigenvalue weighted by Gasteiger charge is 2.47. The van der Waals surface area contributed by atoms with Gasteiger partial charge in [-0.1, -0.05) is 0 Å². The van der Waals surface area contributed by atoms with Crippen LogP contribution in [-0.2, 0) is 44.0 Å². The number of hydrogen-bond donors (Lipinski definition) is 2. The molecule has 2 aromatic heterocycles. The molecule has 0 aliphatic heterocycles. The number of fused-ring (bicyclic) bond motifs is 1. The van der Waals surface area contributed by atoms with Crippen LogP contribution < -0.4 is 5.73 Å². The molecule has 2 heterocycles. The standard InChI is InChI=1S/C22H34N5O9P/c1-20(2,3)17(29)32-11-35-37(31,36-12-33-18(30)21(4,5)6)13-34-22(7-8-22)9-27-10-24-14-15(27)25-19(23)26-16(14)28/h10H,7-9,11-13H2,1-6H3,(H3,23,25,26,28). The Morgan fingerprint density at radius 3 is 2.08 bits per heavy atom. The van der Waals surface area contributed by atoms with Crippen molar-refractivity contribution >= 4 is 36.6 Å². The van der Waals surface area contributed by atoms with Crippen molar-refractivity contribution in [2.45, 2.75) is 66.5 Å².